The Hall–Kier alpha value is -2.69. The van der Waals surface area contributed by atoms with Crippen LogP contribution >= 0.6 is 11.6 Å². The number of nitrogens with one attached hydrogen (secondary N) is 2. The molecule has 0 unspecified atom stereocenters. The van der Waals surface area contributed by atoms with Crippen LogP contribution in [-0.4, -0.2) is 62.6 Å². The molecule has 2 aliphatic heterocycles. The van der Waals surface area contributed by atoms with Crippen LogP contribution in [0, 0.1) is 5.41 Å². The number of ether oxygens (including phenoxy) is 1. The zero-order chi connectivity index (χ0) is 24.2. The molecule has 182 valence electrons. The zero-order valence-electron chi connectivity index (χ0n) is 19.9. The lowest BCUT2D eigenvalue weighted by Crippen LogP contribution is -2.51. The number of aromatic amines is 1. The fraction of sp³-hybridized carbons (Fsp3) is 0.565. The first-order valence-corrected chi connectivity index (χ1v) is 12.1. The molecule has 3 aromatic rings. The highest BCUT2D eigenvalue weighted by atomic mass is 35.5. The highest BCUT2D eigenvalue weighted by Gasteiger charge is 2.47. The summed E-state index contributed by atoms with van der Waals surface area (Å²) in [5.41, 5.74) is 7.82. The van der Waals surface area contributed by atoms with Crippen molar-refractivity contribution >= 4 is 34.4 Å². The van der Waals surface area contributed by atoms with E-state index in [2.05, 4.69) is 25.4 Å². The Bertz CT molecular complexity index is 1280. The molecule has 11 heteroatoms. The average Bonchev–Trinajstić information content (AvgIpc) is 3.35. The van der Waals surface area contributed by atoms with Crippen molar-refractivity contribution in [1.82, 2.24) is 24.7 Å². The molecule has 0 aliphatic carbocycles. The van der Waals surface area contributed by atoms with Crippen LogP contribution in [0.4, 0.5) is 11.8 Å². The van der Waals surface area contributed by atoms with E-state index >= 15 is 0 Å². The molecule has 2 aliphatic rings. The summed E-state index contributed by atoms with van der Waals surface area (Å²) in [6.45, 7) is 8.27. The quantitative estimate of drug-likeness (QED) is 0.513. The van der Waals surface area contributed by atoms with Gasteiger partial charge in [0, 0.05) is 49.4 Å². The third-order valence-corrected chi connectivity index (χ3v) is 7.62. The standard InChI is InChI=1S/C23H31ClN8O2/c1-12(2)27-20-16(24)14(5-8-26-20)17-15-19(30-29-17)28-22(31(4)21(15)33)32-9-6-23(7-10-32)11-34-13(3)18(23)25/h5,8,12-13,18H,6-7,9-11,25H2,1-4H3,(H,26,27)(H,29,30)/t13-,18+/m0/s1. The highest BCUT2D eigenvalue weighted by Crippen LogP contribution is 2.42. The maximum Gasteiger partial charge on any atom is 0.266 e. The molecule has 1 spiro atoms. The summed E-state index contributed by atoms with van der Waals surface area (Å²) in [4.78, 5) is 24.7. The van der Waals surface area contributed by atoms with Gasteiger partial charge >= 0.3 is 0 Å². The molecule has 5 rings (SSSR count). The third kappa shape index (κ3) is 3.64. The van der Waals surface area contributed by atoms with Gasteiger partial charge in [0.2, 0.25) is 5.95 Å². The van der Waals surface area contributed by atoms with Crippen LogP contribution in [-0.2, 0) is 11.8 Å². The Morgan fingerprint density at radius 3 is 2.74 bits per heavy atom. The summed E-state index contributed by atoms with van der Waals surface area (Å²) in [5, 5.41) is 11.4. The van der Waals surface area contributed by atoms with Gasteiger partial charge in [-0.3, -0.25) is 14.5 Å². The van der Waals surface area contributed by atoms with Crippen LogP contribution in [0.5, 0.6) is 0 Å². The first-order chi connectivity index (χ1) is 16.2. The number of H-pyrrole nitrogens is 1. The number of nitrogens with zero attached hydrogens (tertiary/aromatic N) is 5. The van der Waals surface area contributed by atoms with E-state index in [9.17, 15) is 4.79 Å². The SMILES string of the molecule is CC(C)Nc1nccc(-c2n[nH]c3nc(N4CCC5(CC4)CO[C@@H](C)[C@H]5N)n(C)c(=O)c23)c1Cl. The van der Waals surface area contributed by atoms with E-state index < -0.39 is 0 Å². The summed E-state index contributed by atoms with van der Waals surface area (Å²) in [6, 6.07) is 1.95. The van der Waals surface area contributed by atoms with Crippen LogP contribution in [0.15, 0.2) is 17.1 Å². The van der Waals surface area contributed by atoms with Crippen LogP contribution in [0.3, 0.4) is 0 Å². The number of fused-ring (bicyclic) bond motifs is 1. The summed E-state index contributed by atoms with van der Waals surface area (Å²) >= 11 is 6.63. The van der Waals surface area contributed by atoms with Crippen molar-refractivity contribution in [2.45, 2.75) is 51.8 Å². The molecule has 2 fully saturated rings. The monoisotopic (exact) mass is 486 g/mol. The van der Waals surface area contributed by atoms with Gasteiger partial charge in [0.05, 0.1) is 17.7 Å². The van der Waals surface area contributed by atoms with E-state index in [-0.39, 0.29) is 29.2 Å². The molecule has 4 N–H and O–H groups in total. The summed E-state index contributed by atoms with van der Waals surface area (Å²) in [7, 11) is 1.75. The number of aromatic nitrogens is 5. The van der Waals surface area contributed by atoms with E-state index in [4.69, 9.17) is 27.1 Å². The second kappa shape index (κ2) is 8.51. The molecule has 0 amide bonds. The van der Waals surface area contributed by atoms with Gasteiger partial charge in [-0.1, -0.05) is 11.6 Å². The van der Waals surface area contributed by atoms with Gasteiger partial charge in [0.25, 0.3) is 5.56 Å². The Balaban J connectivity index is 1.49. The largest absolute Gasteiger partial charge is 0.376 e. The number of pyridine rings is 1. The van der Waals surface area contributed by atoms with Crippen molar-refractivity contribution in [2.75, 3.05) is 29.9 Å². The van der Waals surface area contributed by atoms with E-state index in [1.165, 1.54) is 0 Å². The fourth-order valence-electron chi connectivity index (χ4n) is 5.15. The first-order valence-electron chi connectivity index (χ1n) is 11.7. The van der Waals surface area contributed by atoms with Crippen LogP contribution in [0.2, 0.25) is 5.02 Å². The minimum atomic E-state index is -0.176. The smallest absolute Gasteiger partial charge is 0.266 e. The number of piperidine rings is 1. The lowest BCUT2D eigenvalue weighted by molar-refractivity contribution is 0.0973. The normalized spacial score (nSPS) is 22.3. The Morgan fingerprint density at radius 1 is 1.35 bits per heavy atom. The van der Waals surface area contributed by atoms with Gasteiger partial charge in [-0.2, -0.15) is 10.1 Å². The molecule has 0 saturated carbocycles. The van der Waals surface area contributed by atoms with E-state index in [1.54, 1.807) is 23.9 Å². The van der Waals surface area contributed by atoms with Gasteiger partial charge in [0.1, 0.15) is 16.9 Å². The number of rotatable bonds is 4. The van der Waals surface area contributed by atoms with Gasteiger partial charge in [0.15, 0.2) is 5.65 Å². The van der Waals surface area contributed by atoms with Gasteiger partial charge < -0.3 is 20.7 Å². The topological polar surface area (TPSA) is 127 Å². The number of anilines is 2. The minimum Gasteiger partial charge on any atom is -0.376 e. The molecule has 2 saturated heterocycles. The Kier molecular flexibility index (Phi) is 5.78. The zero-order valence-corrected chi connectivity index (χ0v) is 20.7. The molecule has 5 heterocycles. The van der Waals surface area contributed by atoms with Crippen LogP contribution < -0.4 is 21.5 Å². The molecule has 3 aromatic heterocycles. The second-order valence-corrected chi connectivity index (χ2v) is 10.2. The molecule has 10 nitrogen and oxygen atoms in total. The van der Waals surface area contributed by atoms with Crippen molar-refractivity contribution in [3.8, 4) is 11.3 Å². The highest BCUT2D eigenvalue weighted by molar-refractivity contribution is 6.36. The summed E-state index contributed by atoms with van der Waals surface area (Å²) in [5.74, 6) is 1.17. The predicted octanol–water partition coefficient (Wildman–Crippen LogP) is 2.52. The van der Waals surface area contributed by atoms with Crippen LogP contribution in [0.1, 0.15) is 33.6 Å². The van der Waals surface area contributed by atoms with Crippen molar-refractivity contribution in [1.29, 1.82) is 0 Å². The maximum absolute atomic E-state index is 13.5. The maximum atomic E-state index is 13.5. The van der Waals surface area contributed by atoms with Crippen molar-refractivity contribution in [3.63, 3.8) is 0 Å². The Morgan fingerprint density at radius 2 is 2.09 bits per heavy atom. The van der Waals surface area contributed by atoms with Crippen molar-refractivity contribution in [2.24, 2.45) is 18.2 Å². The van der Waals surface area contributed by atoms with E-state index in [1.807, 2.05) is 20.8 Å². The van der Waals surface area contributed by atoms with Gasteiger partial charge in [-0.05, 0) is 39.7 Å². The average molecular weight is 487 g/mol. The predicted molar refractivity (Wildman–Crippen MR) is 133 cm³/mol. The second-order valence-electron chi connectivity index (χ2n) is 9.78. The fourth-order valence-corrected chi connectivity index (χ4v) is 5.41. The van der Waals surface area contributed by atoms with Crippen molar-refractivity contribution < 1.29 is 4.74 Å². The number of hydrogen-bond acceptors (Lipinski definition) is 8. The van der Waals surface area contributed by atoms with Crippen LogP contribution in [0.25, 0.3) is 22.3 Å². The first kappa shape index (κ1) is 23.1. The molecule has 0 aromatic carbocycles. The third-order valence-electron chi connectivity index (χ3n) is 7.24. The molecule has 2 atom stereocenters. The van der Waals surface area contributed by atoms with Gasteiger partial charge in [-0.15, -0.1) is 0 Å². The number of hydrogen-bond donors (Lipinski definition) is 3. The molecule has 0 radical (unpaired) electrons. The number of nitrogens with two attached hydrogens (primary N) is 1. The molecule has 0 bridgehead atoms. The van der Waals surface area contributed by atoms with E-state index in [0.717, 1.165) is 25.9 Å². The minimum absolute atomic E-state index is 0.000135. The number of halogens is 1. The van der Waals surface area contributed by atoms with E-state index in [0.29, 0.717) is 45.7 Å². The molecule has 34 heavy (non-hydrogen) atoms. The molecular formula is C23H31ClN8O2. The summed E-state index contributed by atoms with van der Waals surface area (Å²) in [6.07, 6.45) is 3.53. The molecular weight excluding hydrogens is 456 g/mol. The van der Waals surface area contributed by atoms with Gasteiger partial charge in [-0.25, -0.2) is 4.98 Å². The lowest BCUT2D eigenvalue weighted by Gasteiger charge is -2.41. The summed E-state index contributed by atoms with van der Waals surface area (Å²) < 4.78 is 7.43. The lowest BCUT2D eigenvalue weighted by atomic mass is 9.73. The Labute approximate surface area is 202 Å². The van der Waals surface area contributed by atoms with Crippen molar-refractivity contribution in [3.05, 3.63) is 27.6 Å².